The van der Waals surface area contributed by atoms with Gasteiger partial charge < -0.3 is 10.2 Å². The van der Waals surface area contributed by atoms with Crippen molar-refractivity contribution in [3.05, 3.63) is 0 Å². The van der Waals surface area contributed by atoms with Gasteiger partial charge in [-0.2, -0.15) is 0 Å². The van der Waals surface area contributed by atoms with E-state index >= 15 is 0 Å². The highest BCUT2D eigenvalue weighted by atomic mass is 16.6. The zero-order valence-corrected chi connectivity index (χ0v) is 6.31. The second-order valence-electron chi connectivity index (χ2n) is 2.85. The van der Waals surface area contributed by atoms with Crippen LogP contribution in [-0.4, -0.2) is 19.7 Å². The predicted molar refractivity (Wildman–Crippen MR) is 40.4 cm³/mol. The summed E-state index contributed by atoms with van der Waals surface area (Å²) in [7, 11) is 0. The highest BCUT2D eigenvalue weighted by molar-refractivity contribution is 4.67. The molecule has 0 amide bonds. The molecule has 1 fully saturated rings. The summed E-state index contributed by atoms with van der Waals surface area (Å²) in [5.74, 6) is 5.77. The summed E-state index contributed by atoms with van der Waals surface area (Å²) in [5.41, 5.74) is 0. The minimum Gasteiger partial charge on any atom is -0.317 e. The molecule has 0 saturated carbocycles. The molecule has 60 valence electrons. The quantitative estimate of drug-likeness (QED) is 0.559. The van der Waals surface area contributed by atoms with Crippen molar-refractivity contribution >= 4 is 0 Å². The van der Waals surface area contributed by atoms with Crippen molar-refractivity contribution in [3.8, 4) is 0 Å². The molecule has 0 aromatic rings. The van der Waals surface area contributed by atoms with Crippen molar-refractivity contribution in [2.75, 3.05) is 19.7 Å². The van der Waals surface area contributed by atoms with Gasteiger partial charge in [0.2, 0.25) is 0 Å². The lowest BCUT2D eigenvalue weighted by atomic mass is 9.95. The van der Waals surface area contributed by atoms with Crippen LogP contribution < -0.4 is 11.2 Å². The number of rotatable bonds is 3. The van der Waals surface area contributed by atoms with Crippen LogP contribution in [0.5, 0.6) is 0 Å². The Bertz CT molecular complexity index is 81.7. The van der Waals surface area contributed by atoms with Gasteiger partial charge in [0.25, 0.3) is 0 Å². The summed E-state index contributed by atoms with van der Waals surface area (Å²) in [6, 6.07) is 0. The maximum atomic E-state index is 4.93. The van der Waals surface area contributed by atoms with Crippen molar-refractivity contribution in [3.63, 3.8) is 0 Å². The van der Waals surface area contributed by atoms with Gasteiger partial charge in [-0.3, -0.25) is 0 Å². The average Bonchev–Trinajstić information content (AvgIpc) is 2.03. The first-order valence-corrected chi connectivity index (χ1v) is 3.96. The molecule has 0 bridgehead atoms. The second-order valence-corrected chi connectivity index (χ2v) is 2.85. The Morgan fingerprint density at radius 3 is 2.70 bits per heavy atom. The molecular formula is C7H16N2O. The SMILES string of the molecule is NOCCC1CCNCC1. The molecule has 0 atom stereocenters. The van der Waals surface area contributed by atoms with Gasteiger partial charge in [-0.25, -0.2) is 5.90 Å². The molecule has 3 nitrogen and oxygen atoms in total. The van der Waals surface area contributed by atoms with E-state index in [-0.39, 0.29) is 0 Å². The van der Waals surface area contributed by atoms with Gasteiger partial charge in [0.15, 0.2) is 0 Å². The zero-order chi connectivity index (χ0) is 7.23. The minimum atomic E-state index is 0.713. The molecule has 0 aliphatic carbocycles. The first-order valence-electron chi connectivity index (χ1n) is 3.96. The molecule has 0 spiro atoms. The van der Waals surface area contributed by atoms with Gasteiger partial charge in [-0.1, -0.05) is 0 Å². The number of hydrogen-bond acceptors (Lipinski definition) is 3. The molecule has 0 aromatic heterocycles. The number of nitrogens with one attached hydrogen (secondary N) is 1. The Labute approximate surface area is 61.9 Å². The smallest absolute Gasteiger partial charge is 0.0681 e. The third-order valence-corrected chi connectivity index (χ3v) is 2.10. The maximum absolute atomic E-state index is 4.93. The molecule has 3 heteroatoms. The Balaban J connectivity index is 2.02. The first-order chi connectivity index (χ1) is 4.93. The highest BCUT2D eigenvalue weighted by Gasteiger charge is 2.11. The van der Waals surface area contributed by atoms with E-state index in [4.69, 9.17) is 5.90 Å². The van der Waals surface area contributed by atoms with Crippen LogP contribution in [0.3, 0.4) is 0 Å². The fourth-order valence-electron chi connectivity index (χ4n) is 1.41. The van der Waals surface area contributed by atoms with E-state index in [1.165, 1.54) is 12.8 Å². The molecule has 0 aromatic carbocycles. The lowest BCUT2D eigenvalue weighted by Crippen LogP contribution is -2.28. The lowest BCUT2D eigenvalue weighted by Gasteiger charge is -2.21. The highest BCUT2D eigenvalue weighted by Crippen LogP contribution is 2.14. The summed E-state index contributed by atoms with van der Waals surface area (Å²) in [4.78, 5) is 4.52. The molecule has 0 radical (unpaired) electrons. The molecule has 1 rings (SSSR count). The molecule has 1 saturated heterocycles. The van der Waals surface area contributed by atoms with Crippen LogP contribution in [0.4, 0.5) is 0 Å². The monoisotopic (exact) mass is 144 g/mol. The molecule has 1 aliphatic heterocycles. The molecule has 3 N–H and O–H groups in total. The Hall–Kier alpha value is -0.120. The summed E-state index contributed by atoms with van der Waals surface area (Å²) in [5, 5.41) is 3.32. The van der Waals surface area contributed by atoms with Crippen LogP contribution in [0.1, 0.15) is 19.3 Å². The van der Waals surface area contributed by atoms with Gasteiger partial charge >= 0.3 is 0 Å². The van der Waals surface area contributed by atoms with E-state index in [0.717, 1.165) is 25.4 Å². The van der Waals surface area contributed by atoms with E-state index in [1.807, 2.05) is 0 Å². The second kappa shape index (κ2) is 4.66. The normalized spacial score (nSPS) is 21.3. The number of nitrogens with two attached hydrogens (primary N) is 1. The predicted octanol–water partition coefficient (Wildman–Crippen LogP) is 0.266. The molecule has 1 heterocycles. The Morgan fingerprint density at radius 2 is 2.10 bits per heavy atom. The molecule has 10 heavy (non-hydrogen) atoms. The van der Waals surface area contributed by atoms with Crippen LogP contribution in [0.25, 0.3) is 0 Å². The van der Waals surface area contributed by atoms with Crippen LogP contribution >= 0.6 is 0 Å². The Morgan fingerprint density at radius 1 is 1.40 bits per heavy atom. The van der Waals surface area contributed by atoms with Crippen LogP contribution in [0.15, 0.2) is 0 Å². The van der Waals surface area contributed by atoms with Crippen LogP contribution in [0.2, 0.25) is 0 Å². The average molecular weight is 144 g/mol. The van der Waals surface area contributed by atoms with Gasteiger partial charge in [0.05, 0.1) is 6.61 Å². The third kappa shape index (κ3) is 2.64. The molecule has 1 aliphatic rings. The lowest BCUT2D eigenvalue weighted by molar-refractivity contribution is 0.117. The summed E-state index contributed by atoms with van der Waals surface area (Å²) < 4.78 is 0. The van der Waals surface area contributed by atoms with Gasteiger partial charge in [-0.05, 0) is 38.3 Å². The minimum absolute atomic E-state index is 0.713. The summed E-state index contributed by atoms with van der Waals surface area (Å²) in [6.07, 6.45) is 3.69. The third-order valence-electron chi connectivity index (χ3n) is 2.10. The molecular weight excluding hydrogens is 128 g/mol. The topological polar surface area (TPSA) is 47.3 Å². The largest absolute Gasteiger partial charge is 0.317 e. The standard InChI is InChI=1S/C7H16N2O/c8-10-6-3-7-1-4-9-5-2-7/h7,9H,1-6,8H2. The van der Waals surface area contributed by atoms with E-state index in [9.17, 15) is 0 Å². The fraction of sp³-hybridized carbons (Fsp3) is 1.00. The molecule has 0 unspecified atom stereocenters. The first kappa shape index (κ1) is 7.98. The van der Waals surface area contributed by atoms with Gasteiger partial charge in [-0.15, -0.1) is 0 Å². The zero-order valence-electron chi connectivity index (χ0n) is 6.31. The van der Waals surface area contributed by atoms with E-state index in [2.05, 4.69) is 10.2 Å². The number of hydrogen-bond donors (Lipinski definition) is 2. The fourth-order valence-corrected chi connectivity index (χ4v) is 1.41. The van der Waals surface area contributed by atoms with E-state index in [0.29, 0.717) is 6.61 Å². The van der Waals surface area contributed by atoms with Crippen molar-refractivity contribution in [2.45, 2.75) is 19.3 Å². The summed E-state index contributed by atoms with van der Waals surface area (Å²) >= 11 is 0. The maximum Gasteiger partial charge on any atom is 0.0681 e. The van der Waals surface area contributed by atoms with Crippen LogP contribution in [-0.2, 0) is 4.84 Å². The number of piperidine rings is 1. The Kier molecular flexibility index (Phi) is 3.72. The van der Waals surface area contributed by atoms with Gasteiger partial charge in [0.1, 0.15) is 0 Å². The van der Waals surface area contributed by atoms with Crippen molar-refractivity contribution in [1.82, 2.24) is 5.32 Å². The van der Waals surface area contributed by atoms with Crippen molar-refractivity contribution in [1.29, 1.82) is 0 Å². The van der Waals surface area contributed by atoms with E-state index < -0.39 is 0 Å². The van der Waals surface area contributed by atoms with Gasteiger partial charge in [0, 0.05) is 0 Å². The van der Waals surface area contributed by atoms with Crippen molar-refractivity contribution in [2.24, 2.45) is 11.8 Å². The van der Waals surface area contributed by atoms with E-state index in [1.54, 1.807) is 0 Å². The van der Waals surface area contributed by atoms with Crippen LogP contribution in [0, 0.1) is 5.92 Å². The summed E-state index contributed by atoms with van der Waals surface area (Å²) in [6.45, 7) is 3.04. The van der Waals surface area contributed by atoms with Crippen molar-refractivity contribution < 1.29 is 4.84 Å².